The first-order valence-corrected chi connectivity index (χ1v) is 12.3. The lowest BCUT2D eigenvalue weighted by molar-refractivity contribution is 0.165. The van der Waals surface area contributed by atoms with E-state index < -0.39 is 8.32 Å². The van der Waals surface area contributed by atoms with Crippen LogP contribution in [0.1, 0.15) is 26.6 Å². The maximum atomic E-state index is 6.72. The van der Waals surface area contributed by atoms with Gasteiger partial charge in [-0.2, -0.15) is 0 Å². The van der Waals surface area contributed by atoms with Crippen molar-refractivity contribution in [3.63, 3.8) is 0 Å². The molecule has 0 saturated heterocycles. The topological polar surface area (TPSA) is 52.0 Å². The molecule has 1 unspecified atom stereocenters. The molecular formula is C20H28N4OSi. The predicted molar refractivity (Wildman–Crippen MR) is 109 cm³/mol. The number of hydrogen-bond donors (Lipinski definition) is 1. The van der Waals surface area contributed by atoms with Crippen molar-refractivity contribution in [3.05, 3.63) is 36.3 Å². The summed E-state index contributed by atoms with van der Waals surface area (Å²) >= 11 is 0. The molecule has 0 fully saturated rings. The van der Waals surface area contributed by atoms with Crippen LogP contribution in [0.2, 0.25) is 18.1 Å². The van der Waals surface area contributed by atoms with Crippen molar-refractivity contribution in [2.24, 2.45) is 0 Å². The minimum absolute atomic E-state index is 0.154. The van der Waals surface area contributed by atoms with Crippen LogP contribution in [-0.2, 0) is 17.5 Å². The molecule has 1 N–H and O–H groups in total. The predicted octanol–water partition coefficient (Wildman–Crippen LogP) is 4.08. The van der Waals surface area contributed by atoms with Gasteiger partial charge in [-0.15, -0.1) is 0 Å². The number of fused-ring (bicyclic) bond motifs is 5. The first kappa shape index (κ1) is 17.6. The maximum absolute atomic E-state index is 6.72. The Morgan fingerprint density at radius 2 is 1.96 bits per heavy atom. The van der Waals surface area contributed by atoms with E-state index in [0.29, 0.717) is 0 Å². The molecule has 3 aromatic rings. The first-order valence-electron chi connectivity index (χ1n) is 9.38. The van der Waals surface area contributed by atoms with Crippen LogP contribution in [-0.4, -0.2) is 35.5 Å². The molecule has 0 radical (unpaired) electrons. The van der Waals surface area contributed by atoms with Gasteiger partial charge in [0, 0.05) is 11.9 Å². The Morgan fingerprint density at radius 1 is 1.19 bits per heavy atom. The second kappa shape index (κ2) is 6.15. The highest BCUT2D eigenvalue weighted by molar-refractivity contribution is 6.74. The average molecular weight is 369 g/mol. The van der Waals surface area contributed by atoms with E-state index in [0.717, 1.165) is 41.9 Å². The molecule has 1 atom stereocenters. The first-order chi connectivity index (χ1) is 12.3. The van der Waals surface area contributed by atoms with Crippen molar-refractivity contribution in [2.45, 2.75) is 58.1 Å². The lowest BCUT2D eigenvalue weighted by Crippen LogP contribution is -2.46. The highest BCUT2D eigenvalue weighted by atomic mass is 28.4. The third kappa shape index (κ3) is 2.96. The average Bonchev–Trinajstić information content (AvgIpc) is 2.80. The number of imidazole rings is 1. The van der Waals surface area contributed by atoms with Gasteiger partial charge in [-0.05, 0) is 24.2 Å². The number of benzene rings is 1. The Hall–Kier alpha value is -1.76. The van der Waals surface area contributed by atoms with Crippen LogP contribution in [0.3, 0.4) is 0 Å². The van der Waals surface area contributed by atoms with E-state index in [-0.39, 0.29) is 11.1 Å². The third-order valence-electron chi connectivity index (χ3n) is 5.87. The smallest absolute Gasteiger partial charge is 0.192 e. The van der Waals surface area contributed by atoms with Gasteiger partial charge in [0.15, 0.2) is 8.32 Å². The van der Waals surface area contributed by atoms with Crippen molar-refractivity contribution < 1.29 is 4.43 Å². The molecule has 6 heteroatoms. The molecule has 1 aliphatic heterocycles. The summed E-state index contributed by atoms with van der Waals surface area (Å²) in [5.41, 5.74) is 3.16. The zero-order chi connectivity index (χ0) is 18.5. The number of para-hydroxylation sites is 1. The highest BCUT2D eigenvalue weighted by Gasteiger charge is 2.39. The van der Waals surface area contributed by atoms with E-state index in [9.17, 15) is 0 Å². The van der Waals surface area contributed by atoms with Gasteiger partial charge in [-0.25, -0.2) is 4.98 Å². The van der Waals surface area contributed by atoms with Crippen LogP contribution >= 0.6 is 0 Å². The molecule has 5 nitrogen and oxygen atoms in total. The second-order valence-electron chi connectivity index (χ2n) is 8.78. The van der Waals surface area contributed by atoms with Crippen LogP contribution in [0.5, 0.6) is 0 Å². The molecule has 4 rings (SSSR count). The summed E-state index contributed by atoms with van der Waals surface area (Å²) in [4.78, 5) is 9.40. The lowest BCUT2D eigenvalue weighted by atomic mass is 10.2. The molecular weight excluding hydrogens is 340 g/mol. The molecule has 0 aliphatic carbocycles. The molecule has 26 heavy (non-hydrogen) atoms. The number of hydrogen-bond acceptors (Lipinski definition) is 4. The third-order valence-corrected chi connectivity index (χ3v) is 10.4. The second-order valence-corrected chi connectivity index (χ2v) is 13.5. The largest absolute Gasteiger partial charge is 0.411 e. The van der Waals surface area contributed by atoms with Crippen LogP contribution in [0.25, 0.3) is 21.9 Å². The Bertz CT molecular complexity index is 957. The molecule has 3 heterocycles. The summed E-state index contributed by atoms with van der Waals surface area (Å²) in [5.74, 6) is 1.07. The van der Waals surface area contributed by atoms with E-state index in [1.54, 1.807) is 0 Å². The van der Waals surface area contributed by atoms with Gasteiger partial charge in [0.05, 0.1) is 36.4 Å². The number of pyridine rings is 1. The molecule has 0 saturated carbocycles. The Morgan fingerprint density at radius 3 is 2.73 bits per heavy atom. The Kier molecular flexibility index (Phi) is 4.17. The lowest BCUT2D eigenvalue weighted by Gasteiger charge is -2.39. The van der Waals surface area contributed by atoms with Crippen molar-refractivity contribution in [3.8, 4) is 0 Å². The molecule has 138 valence electrons. The van der Waals surface area contributed by atoms with Gasteiger partial charge in [0.1, 0.15) is 11.3 Å². The minimum atomic E-state index is -1.82. The van der Waals surface area contributed by atoms with E-state index >= 15 is 0 Å². The number of rotatable bonds is 2. The van der Waals surface area contributed by atoms with E-state index in [1.165, 1.54) is 5.52 Å². The fourth-order valence-corrected chi connectivity index (χ4v) is 4.77. The van der Waals surface area contributed by atoms with Crippen molar-refractivity contribution in [1.29, 1.82) is 0 Å². The van der Waals surface area contributed by atoms with Gasteiger partial charge in [-0.3, -0.25) is 4.98 Å². The minimum Gasteiger partial charge on any atom is -0.411 e. The summed E-state index contributed by atoms with van der Waals surface area (Å²) < 4.78 is 9.07. The maximum Gasteiger partial charge on any atom is 0.192 e. The summed E-state index contributed by atoms with van der Waals surface area (Å²) in [6.07, 6.45) is 2.05. The normalized spacial score (nSPS) is 18.9. The van der Waals surface area contributed by atoms with Gasteiger partial charge in [0.25, 0.3) is 0 Å². The van der Waals surface area contributed by atoms with Crippen LogP contribution in [0, 0.1) is 0 Å². The molecule has 1 aliphatic rings. The fourth-order valence-electron chi connectivity index (χ4n) is 3.43. The van der Waals surface area contributed by atoms with E-state index in [1.807, 2.05) is 12.3 Å². The van der Waals surface area contributed by atoms with Crippen molar-refractivity contribution >= 4 is 30.3 Å². The molecule has 2 aromatic heterocycles. The van der Waals surface area contributed by atoms with Gasteiger partial charge in [0.2, 0.25) is 0 Å². The monoisotopic (exact) mass is 368 g/mol. The molecule has 0 amide bonds. The zero-order valence-corrected chi connectivity index (χ0v) is 17.3. The van der Waals surface area contributed by atoms with E-state index in [4.69, 9.17) is 9.41 Å². The van der Waals surface area contributed by atoms with E-state index in [2.05, 4.69) is 66.9 Å². The van der Waals surface area contributed by atoms with Crippen molar-refractivity contribution in [1.82, 2.24) is 19.9 Å². The molecule has 1 aromatic carbocycles. The fraction of sp³-hybridized carbons (Fsp3) is 0.500. The van der Waals surface area contributed by atoms with Crippen LogP contribution in [0.4, 0.5) is 0 Å². The van der Waals surface area contributed by atoms with Crippen LogP contribution < -0.4 is 5.32 Å². The summed E-state index contributed by atoms with van der Waals surface area (Å²) in [7, 11) is -1.82. The molecule has 0 bridgehead atoms. The highest BCUT2D eigenvalue weighted by Crippen LogP contribution is 2.38. The summed E-state index contributed by atoms with van der Waals surface area (Å²) in [6.45, 7) is 14.0. The Balaban J connectivity index is 1.77. The Labute approximate surface area is 155 Å². The van der Waals surface area contributed by atoms with Gasteiger partial charge in [-0.1, -0.05) is 39.0 Å². The number of nitrogens with one attached hydrogen (secondary N) is 1. The summed E-state index contributed by atoms with van der Waals surface area (Å²) in [6, 6.07) is 8.31. The van der Waals surface area contributed by atoms with Gasteiger partial charge < -0.3 is 14.3 Å². The quantitative estimate of drug-likeness (QED) is 0.693. The van der Waals surface area contributed by atoms with Crippen LogP contribution in [0.15, 0.2) is 30.5 Å². The summed E-state index contributed by atoms with van der Waals surface area (Å²) in [5, 5.41) is 4.90. The SMILES string of the molecule is CC(C)(C)[Si](C)(C)OC1CNCc2nc3cnc4ccccc4c3n2C1. The van der Waals surface area contributed by atoms with Gasteiger partial charge >= 0.3 is 0 Å². The number of aromatic nitrogens is 3. The molecule has 0 spiro atoms. The number of nitrogens with zero attached hydrogens (tertiary/aromatic N) is 3. The zero-order valence-electron chi connectivity index (χ0n) is 16.3. The standard InChI is InChI=1S/C20H28N4OSi/c1-20(2,3)26(4,5)25-14-10-21-12-18-23-17-11-22-16-9-7-6-8-15(16)19(17)24(18)13-14/h6-9,11,14,21H,10,12-13H2,1-5H3. The van der Waals surface area contributed by atoms with Crippen molar-refractivity contribution in [2.75, 3.05) is 6.54 Å².